The monoisotopic (exact) mass is 567 g/mol. The molecule has 8 nitrogen and oxygen atoms in total. The molecule has 2 aliphatic heterocycles. The molecule has 214 valence electrons. The number of carbonyl (C=O) groups is 1. The van der Waals surface area contributed by atoms with Crippen molar-refractivity contribution >= 4 is 29.1 Å². The standard InChI is InChI=1S/C30H39ClFN7O/c1-18(2)39-10-6-5-7-26(39)30(40)38-11-8-21(9-12-38)23-16-25(32)22(13-19(23)3)15-27-33-17-24(31)29(34-27)35-28-14-20(4)36-37-28/h13-14,16-18,21,26H,5-12,15H2,1-4H3,(H2,33,34,35,36,37)/t26-/m0/s1. The first kappa shape index (κ1) is 28.5. The van der Waals surface area contributed by atoms with E-state index in [2.05, 4.69) is 44.2 Å². The summed E-state index contributed by atoms with van der Waals surface area (Å²) in [5, 5.41) is 10.5. The summed E-state index contributed by atoms with van der Waals surface area (Å²) < 4.78 is 15.4. The summed E-state index contributed by atoms with van der Waals surface area (Å²) in [5.41, 5.74) is 3.54. The molecule has 1 aromatic carbocycles. The number of hydrogen-bond donors (Lipinski definition) is 2. The zero-order valence-electron chi connectivity index (χ0n) is 23.8. The van der Waals surface area contributed by atoms with Gasteiger partial charge in [-0.3, -0.25) is 14.8 Å². The highest BCUT2D eigenvalue weighted by molar-refractivity contribution is 6.32. The van der Waals surface area contributed by atoms with Crippen LogP contribution in [0.3, 0.4) is 0 Å². The summed E-state index contributed by atoms with van der Waals surface area (Å²) in [4.78, 5) is 26.6. The molecular weight excluding hydrogens is 529 g/mol. The molecule has 2 saturated heterocycles. The lowest BCUT2D eigenvalue weighted by Crippen LogP contribution is -2.54. The molecule has 2 aromatic heterocycles. The number of aromatic nitrogens is 4. The molecule has 10 heteroatoms. The van der Waals surface area contributed by atoms with Crippen LogP contribution in [-0.4, -0.2) is 67.6 Å². The van der Waals surface area contributed by atoms with E-state index < -0.39 is 0 Å². The van der Waals surface area contributed by atoms with Gasteiger partial charge < -0.3 is 10.2 Å². The van der Waals surface area contributed by atoms with Crippen LogP contribution >= 0.6 is 11.6 Å². The van der Waals surface area contributed by atoms with Gasteiger partial charge >= 0.3 is 0 Å². The fraction of sp³-hybridized carbons (Fsp3) is 0.533. The zero-order chi connectivity index (χ0) is 28.4. The smallest absolute Gasteiger partial charge is 0.239 e. The van der Waals surface area contributed by atoms with Crippen molar-refractivity contribution in [1.82, 2.24) is 30.0 Å². The fourth-order valence-electron chi connectivity index (χ4n) is 6.14. The van der Waals surface area contributed by atoms with Gasteiger partial charge in [-0.15, -0.1) is 0 Å². The Morgan fingerprint density at radius 1 is 1.15 bits per heavy atom. The van der Waals surface area contributed by atoms with Gasteiger partial charge in [-0.2, -0.15) is 5.10 Å². The van der Waals surface area contributed by atoms with Crippen molar-refractivity contribution in [2.75, 3.05) is 25.0 Å². The third kappa shape index (κ3) is 6.31. The lowest BCUT2D eigenvalue weighted by atomic mass is 9.85. The molecule has 0 radical (unpaired) electrons. The van der Waals surface area contributed by atoms with Crippen molar-refractivity contribution < 1.29 is 9.18 Å². The minimum atomic E-state index is -0.259. The van der Waals surface area contributed by atoms with Gasteiger partial charge in [0.1, 0.15) is 16.7 Å². The second kappa shape index (κ2) is 12.2. The van der Waals surface area contributed by atoms with E-state index in [-0.39, 0.29) is 30.1 Å². The summed E-state index contributed by atoms with van der Waals surface area (Å²) in [6.07, 6.45) is 6.69. The molecular formula is C30H39ClFN7O. The Kier molecular flexibility index (Phi) is 8.71. The van der Waals surface area contributed by atoms with Gasteiger partial charge in [0.2, 0.25) is 5.91 Å². The quantitative estimate of drug-likeness (QED) is 0.369. The molecule has 4 heterocycles. The van der Waals surface area contributed by atoms with Crippen LogP contribution in [0.1, 0.15) is 80.1 Å². The Morgan fingerprint density at radius 2 is 1.93 bits per heavy atom. The SMILES string of the molecule is Cc1cc(Nc2nc(Cc3cc(C)c(C4CCN(C(=O)[C@@H]5CCCCN5C(C)C)CC4)cc3F)ncc2Cl)n[nH]1. The average Bonchev–Trinajstić information content (AvgIpc) is 3.36. The molecule has 2 N–H and O–H groups in total. The maximum Gasteiger partial charge on any atom is 0.239 e. The number of benzene rings is 1. The minimum absolute atomic E-state index is 0.00188. The summed E-state index contributed by atoms with van der Waals surface area (Å²) in [7, 11) is 0. The minimum Gasteiger partial charge on any atom is -0.341 e. The van der Waals surface area contributed by atoms with Crippen LogP contribution in [0, 0.1) is 19.7 Å². The maximum atomic E-state index is 15.4. The highest BCUT2D eigenvalue weighted by atomic mass is 35.5. The van der Waals surface area contributed by atoms with E-state index in [1.807, 2.05) is 30.9 Å². The highest BCUT2D eigenvalue weighted by Gasteiger charge is 2.35. The van der Waals surface area contributed by atoms with Crippen molar-refractivity contribution in [3.05, 3.63) is 63.4 Å². The Bertz CT molecular complexity index is 1350. The van der Waals surface area contributed by atoms with Crippen LogP contribution in [0.4, 0.5) is 16.0 Å². The molecule has 0 aliphatic carbocycles. The maximum absolute atomic E-state index is 15.4. The predicted molar refractivity (Wildman–Crippen MR) is 156 cm³/mol. The van der Waals surface area contributed by atoms with Gasteiger partial charge in [0, 0.05) is 37.3 Å². The number of nitrogens with zero attached hydrogens (tertiary/aromatic N) is 5. The Labute approximate surface area is 240 Å². The molecule has 0 saturated carbocycles. The van der Waals surface area contributed by atoms with Crippen LogP contribution in [0.25, 0.3) is 0 Å². The van der Waals surface area contributed by atoms with Crippen molar-refractivity contribution in [1.29, 1.82) is 0 Å². The number of amides is 1. The number of likely N-dealkylation sites (tertiary alicyclic amines) is 2. The molecule has 0 spiro atoms. The van der Waals surface area contributed by atoms with Crippen LogP contribution in [0.2, 0.25) is 5.02 Å². The van der Waals surface area contributed by atoms with E-state index >= 15 is 4.39 Å². The summed E-state index contributed by atoms with van der Waals surface area (Å²) in [6, 6.07) is 5.80. The zero-order valence-corrected chi connectivity index (χ0v) is 24.6. The lowest BCUT2D eigenvalue weighted by Gasteiger charge is -2.42. The van der Waals surface area contributed by atoms with Crippen LogP contribution < -0.4 is 5.32 Å². The number of nitrogens with one attached hydrogen (secondary N) is 2. The predicted octanol–water partition coefficient (Wildman–Crippen LogP) is 5.91. The number of carbonyl (C=O) groups excluding carboxylic acids is 1. The third-order valence-electron chi connectivity index (χ3n) is 8.27. The number of aryl methyl sites for hydroxylation is 2. The number of halogens is 2. The van der Waals surface area contributed by atoms with Crippen LogP contribution in [-0.2, 0) is 11.2 Å². The van der Waals surface area contributed by atoms with Crippen molar-refractivity contribution in [2.45, 2.75) is 84.2 Å². The topological polar surface area (TPSA) is 90.0 Å². The van der Waals surface area contributed by atoms with Crippen molar-refractivity contribution in [2.24, 2.45) is 0 Å². The van der Waals surface area contributed by atoms with Gasteiger partial charge in [-0.05, 0) is 88.6 Å². The van der Waals surface area contributed by atoms with Crippen molar-refractivity contribution in [3.8, 4) is 0 Å². The largest absolute Gasteiger partial charge is 0.341 e. The molecule has 1 atom stereocenters. The van der Waals surface area contributed by atoms with Gasteiger partial charge in [0.05, 0.1) is 12.2 Å². The van der Waals surface area contributed by atoms with Crippen LogP contribution in [0.5, 0.6) is 0 Å². The number of piperidine rings is 2. The number of H-pyrrole nitrogens is 1. The Hall–Kier alpha value is -3.04. The van der Waals surface area contributed by atoms with E-state index in [4.69, 9.17) is 11.6 Å². The summed E-state index contributed by atoms with van der Waals surface area (Å²) >= 11 is 6.29. The number of anilines is 2. The van der Waals surface area contributed by atoms with Crippen molar-refractivity contribution in [3.63, 3.8) is 0 Å². The number of hydrogen-bond acceptors (Lipinski definition) is 6. The van der Waals surface area contributed by atoms with Gasteiger partial charge in [0.15, 0.2) is 11.6 Å². The summed E-state index contributed by atoms with van der Waals surface area (Å²) in [5.74, 6) is 1.74. The van der Waals surface area contributed by atoms with Crippen LogP contribution in [0.15, 0.2) is 24.4 Å². The summed E-state index contributed by atoms with van der Waals surface area (Å²) in [6.45, 7) is 10.7. The third-order valence-corrected chi connectivity index (χ3v) is 8.55. The second-order valence-corrected chi connectivity index (χ2v) is 11.9. The first-order valence-electron chi connectivity index (χ1n) is 14.3. The fourth-order valence-corrected chi connectivity index (χ4v) is 6.28. The Balaban J connectivity index is 1.24. The van der Waals surface area contributed by atoms with E-state index in [0.29, 0.717) is 34.1 Å². The van der Waals surface area contributed by atoms with E-state index in [9.17, 15) is 4.79 Å². The van der Waals surface area contributed by atoms with Gasteiger partial charge in [-0.25, -0.2) is 14.4 Å². The Morgan fingerprint density at radius 3 is 2.62 bits per heavy atom. The van der Waals surface area contributed by atoms with E-state index in [1.165, 1.54) is 6.20 Å². The molecule has 1 amide bonds. The van der Waals surface area contributed by atoms with Gasteiger partial charge in [0.25, 0.3) is 0 Å². The highest BCUT2D eigenvalue weighted by Crippen LogP contribution is 2.33. The van der Waals surface area contributed by atoms with Gasteiger partial charge in [-0.1, -0.05) is 24.1 Å². The molecule has 5 rings (SSSR count). The first-order chi connectivity index (χ1) is 19.2. The molecule has 0 unspecified atom stereocenters. The first-order valence-corrected chi connectivity index (χ1v) is 14.7. The average molecular weight is 568 g/mol. The number of aromatic amines is 1. The molecule has 3 aromatic rings. The second-order valence-electron chi connectivity index (χ2n) is 11.5. The molecule has 0 bridgehead atoms. The lowest BCUT2D eigenvalue weighted by molar-refractivity contribution is -0.140. The van der Waals surface area contributed by atoms with E-state index in [1.54, 1.807) is 6.07 Å². The van der Waals surface area contributed by atoms with E-state index in [0.717, 1.165) is 68.6 Å². The normalized spacial score (nSPS) is 18.9. The molecule has 2 aliphatic rings. The number of rotatable bonds is 7. The molecule has 2 fully saturated rings. The molecule has 40 heavy (non-hydrogen) atoms.